The quantitative estimate of drug-likeness (QED) is 0.910. The number of hydrogen-bond acceptors (Lipinski definition) is 3. The molecule has 2 aromatic rings. The summed E-state index contributed by atoms with van der Waals surface area (Å²) in [6.45, 7) is 3.55. The van der Waals surface area contributed by atoms with Crippen molar-refractivity contribution >= 4 is 29.1 Å². The van der Waals surface area contributed by atoms with Gasteiger partial charge in [-0.25, -0.2) is 0 Å². The number of benzene rings is 1. The molecule has 0 aliphatic carbocycles. The molecule has 5 nitrogen and oxygen atoms in total. The Hall–Kier alpha value is -2.40. The number of pyridine rings is 1. The minimum absolute atomic E-state index is 0.147. The summed E-state index contributed by atoms with van der Waals surface area (Å²) in [4.78, 5) is 27.3. The van der Waals surface area contributed by atoms with Gasteiger partial charge in [-0.2, -0.15) is 0 Å². The second-order valence-corrected chi connectivity index (χ2v) is 5.22. The largest absolute Gasteiger partial charge is 0.351 e. The van der Waals surface area contributed by atoms with E-state index in [2.05, 4.69) is 15.6 Å². The maximum Gasteiger partial charge on any atom is 0.255 e. The van der Waals surface area contributed by atoms with Crippen molar-refractivity contribution in [2.45, 2.75) is 20.4 Å². The van der Waals surface area contributed by atoms with Crippen LogP contribution in [0, 0.1) is 6.92 Å². The highest BCUT2D eigenvalue weighted by atomic mass is 35.5. The Balaban J connectivity index is 2.14. The van der Waals surface area contributed by atoms with Gasteiger partial charge < -0.3 is 10.6 Å². The number of amides is 2. The van der Waals surface area contributed by atoms with Crippen LogP contribution in [-0.4, -0.2) is 16.8 Å². The number of aromatic nitrogens is 1. The normalized spacial score (nSPS) is 10.1. The molecule has 0 aliphatic rings. The number of nitrogens with zero attached hydrogens (tertiary/aromatic N) is 1. The SMILES string of the molecule is CC(=O)NCc1cc(C(=O)Nc2cccc(Cl)c2C)ccn1. The summed E-state index contributed by atoms with van der Waals surface area (Å²) in [6, 6.07) is 8.60. The van der Waals surface area contributed by atoms with Crippen LogP contribution in [0.15, 0.2) is 36.5 Å². The van der Waals surface area contributed by atoms with Crippen molar-refractivity contribution in [2.75, 3.05) is 5.32 Å². The van der Waals surface area contributed by atoms with E-state index in [1.54, 1.807) is 30.3 Å². The van der Waals surface area contributed by atoms with Crippen molar-refractivity contribution in [1.29, 1.82) is 0 Å². The number of anilines is 1. The van der Waals surface area contributed by atoms with E-state index in [1.165, 1.54) is 13.1 Å². The predicted octanol–water partition coefficient (Wildman–Crippen LogP) is 2.93. The molecule has 0 aliphatic heterocycles. The number of carbonyl (C=O) groups excluding carboxylic acids is 2. The third-order valence-corrected chi connectivity index (χ3v) is 3.52. The second-order valence-electron chi connectivity index (χ2n) is 4.81. The minimum Gasteiger partial charge on any atom is -0.351 e. The van der Waals surface area contributed by atoms with Gasteiger partial charge in [0.15, 0.2) is 0 Å². The van der Waals surface area contributed by atoms with Gasteiger partial charge in [-0.15, -0.1) is 0 Å². The molecule has 2 rings (SSSR count). The zero-order valence-corrected chi connectivity index (χ0v) is 13.1. The summed E-state index contributed by atoms with van der Waals surface area (Å²) in [5.74, 6) is -0.400. The maximum atomic E-state index is 12.3. The first-order chi connectivity index (χ1) is 10.5. The van der Waals surface area contributed by atoms with Crippen LogP contribution in [0.3, 0.4) is 0 Å². The Morgan fingerprint density at radius 3 is 2.77 bits per heavy atom. The van der Waals surface area contributed by atoms with Crippen LogP contribution in [0.2, 0.25) is 5.02 Å². The van der Waals surface area contributed by atoms with Gasteiger partial charge in [0.1, 0.15) is 0 Å². The van der Waals surface area contributed by atoms with Crippen LogP contribution in [0.4, 0.5) is 5.69 Å². The standard InChI is InChI=1S/C16H16ClN3O2/c1-10-14(17)4-3-5-15(10)20-16(22)12-6-7-18-13(8-12)9-19-11(2)21/h3-8H,9H2,1-2H3,(H,19,21)(H,20,22). The Morgan fingerprint density at radius 2 is 2.05 bits per heavy atom. The van der Waals surface area contributed by atoms with E-state index in [0.717, 1.165) is 5.56 Å². The lowest BCUT2D eigenvalue weighted by Crippen LogP contribution is -2.20. The van der Waals surface area contributed by atoms with E-state index >= 15 is 0 Å². The Bertz CT molecular complexity index is 716. The van der Waals surface area contributed by atoms with E-state index in [1.807, 2.05) is 6.92 Å². The van der Waals surface area contributed by atoms with Crippen molar-refractivity contribution in [2.24, 2.45) is 0 Å². The van der Waals surface area contributed by atoms with E-state index in [9.17, 15) is 9.59 Å². The zero-order chi connectivity index (χ0) is 16.1. The molecule has 1 aromatic heterocycles. The molecule has 0 unspecified atom stereocenters. The lowest BCUT2D eigenvalue weighted by molar-refractivity contribution is -0.119. The van der Waals surface area contributed by atoms with Gasteiger partial charge in [0.2, 0.25) is 5.91 Å². The lowest BCUT2D eigenvalue weighted by Gasteiger charge is -2.10. The van der Waals surface area contributed by atoms with Crippen LogP contribution < -0.4 is 10.6 Å². The first-order valence-corrected chi connectivity index (χ1v) is 7.11. The smallest absolute Gasteiger partial charge is 0.255 e. The Kier molecular flexibility index (Phi) is 5.12. The molecular formula is C16H16ClN3O2. The van der Waals surface area contributed by atoms with Gasteiger partial charge in [0, 0.05) is 29.4 Å². The molecule has 0 saturated carbocycles. The molecule has 22 heavy (non-hydrogen) atoms. The van der Waals surface area contributed by atoms with Crippen LogP contribution in [0.1, 0.15) is 28.5 Å². The molecule has 0 radical (unpaired) electrons. The third kappa shape index (κ3) is 4.05. The van der Waals surface area contributed by atoms with Crippen molar-refractivity contribution < 1.29 is 9.59 Å². The average Bonchev–Trinajstić information content (AvgIpc) is 2.50. The topological polar surface area (TPSA) is 71.1 Å². The van der Waals surface area contributed by atoms with E-state index in [0.29, 0.717) is 22.0 Å². The zero-order valence-electron chi connectivity index (χ0n) is 12.3. The fraction of sp³-hybridized carbons (Fsp3) is 0.188. The molecule has 1 aromatic carbocycles. The highest BCUT2D eigenvalue weighted by Crippen LogP contribution is 2.23. The number of nitrogens with one attached hydrogen (secondary N) is 2. The fourth-order valence-corrected chi connectivity index (χ4v) is 2.04. The van der Waals surface area contributed by atoms with Gasteiger partial charge >= 0.3 is 0 Å². The van der Waals surface area contributed by atoms with E-state index < -0.39 is 0 Å². The number of rotatable bonds is 4. The highest BCUT2D eigenvalue weighted by Gasteiger charge is 2.10. The first-order valence-electron chi connectivity index (χ1n) is 6.73. The average molecular weight is 318 g/mol. The molecule has 0 bridgehead atoms. The van der Waals surface area contributed by atoms with Crippen LogP contribution in [-0.2, 0) is 11.3 Å². The molecule has 114 valence electrons. The summed E-state index contributed by atoms with van der Waals surface area (Å²) in [5.41, 5.74) is 2.56. The molecule has 0 fully saturated rings. The van der Waals surface area contributed by atoms with Gasteiger partial charge in [-0.1, -0.05) is 17.7 Å². The van der Waals surface area contributed by atoms with Crippen LogP contribution in [0.5, 0.6) is 0 Å². The first kappa shape index (κ1) is 16.0. The van der Waals surface area contributed by atoms with Crippen molar-refractivity contribution in [3.63, 3.8) is 0 Å². The summed E-state index contributed by atoms with van der Waals surface area (Å²) < 4.78 is 0. The fourth-order valence-electron chi connectivity index (χ4n) is 1.87. The van der Waals surface area contributed by atoms with Gasteiger partial charge in [0.05, 0.1) is 12.2 Å². The molecular weight excluding hydrogens is 302 g/mol. The van der Waals surface area contributed by atoms with Crippen molar-refractivity contribution in [3.8, 4) is 0 Å². The van der Waals surface area contributed by atoms with Gasteiger partial charge in [-0.3, -0.25) is 14.6 Å². The van der Waals surface area contributed by atoms with Crippen LogP contribution in [0.25, 0.3) is 0 Å². The van der Waals surface area contributed by atoms with Crippen LogP contribution >= 0.6 is 11.6 Å². The third-order valence-electron chi connectivity index (χ3n) is 3.11. The minimum atomic E-state index is -0.253. The summed E-state index contributed by atoms with van der Waals surface area (Å²) in [7, 11) is 0. The monoisotopic (exact) mass is 317 g/mol. The van der Waals surface area contributed by atoms with Gasteiger partial charge in [0.25, 0.3) is 5.91 Å². The molecule has 1 heterocycles. The molecule has 0 atom stereocenters. The Morgan fingerprint density at radius 1 is 1.27 bits per heavy atom. The molecule has 0 saturated heterocycles. The van der Waals surface area contributed by atoms with Crippen molar-refractivity contribution in [1.82, 2.24) is 10.3 Å². The summed E-state index contributed by atoms with van der Waals surface area (Å²) in [6.07, 6.45) is 1.54. The summed E-state index contributed by atoms with van der Waals surface area (Å²) in [5, 5.41) is 6.06. The van der Waals surface area contributed by atoms with E-state index in [4.69, 9.17) is 11.6 Å². The predicted molar refractivity (Wildman–Crippen MR) is 85.9 cm³/mol. The van der Waals surface area contributed by atoms with Gasteiger partial charge in [-0.05, 0) is 36.8 Å². The molecule has 2 amide bonds. The number of hydrogen-bond donors (Lipinski definition) is 2. The highest BCUT2D eigenvalue weighted by molar-refractivity contribution is 6.31. The molecule has 6 heteroatoms. The Labute approximate surface area is 133 Å². The molecule has 2 N–H and O–H groups in total. The second kappa shape index (κ2) is 7.04. The lowest BCUT2D eigenvalue weighted by atomic mass is 10.1. The number of halogens is 1. The maximum absolute atomic E-state index is 12.3. The summed E-state index contributed by atoms with van der Waals surface area (Å²) >= 11 is 6.04. The van der Waals surface area contributed by atoms with E-state index in [-0.39, 0.29) is 18.4 Å². The number of carbonyl (C=O) groups is 2. The molecule has 0 spiro atoms. The van der Waals surface area contributed by atoms with Crippen molar-refractivity contribution in [3.05, 3.63) is 58.4 Å².